The van der Waals surface area contributed by atoms with E-state index in [1.165, 1.54) is 19.2 Å². The summed E-state index contributed by atoms with van der Waals surface area (Å²) in [5.74, 6) is -0.836. The lowest BCUT2D eigenvalue weighted by Crippen LogP contribution is -2.07. The number of fused-ring (bicyclic) bond motifs is 1. The van der Waals surface area contributed by atoms with E-state index in [-0.39, 0.29) is 16.1 Å². The molecule has 0 saturated carbocycles. The minimum atomic E-state index is -0.669. The lowest BCUT2D eigenvalue weighted by molar-refractivity contribution is -0.388. The first kappa shape index (κ1) is 10.5. The van der Waals surface area contributed by atoms with E-state index in [2.05, 4.69) is 10.1 Å². The maximum atomic E-state index is 11.2. The molecule has 0 spiro atoms. The summed E-state index contributed by atoms with van der Waals surface area (Å²) in [6.07, 6.45) is 1.28. The van der Waals surface area contributed by atoms with Crippen LogP contribution in [0.3, 0.4) is 0 Å². The normalized spacial score (nSPS) is 10.6. The van der Waals surface area contributed by atoms with Gasteiger partial charge in [-0.1, -0.05) is 11.6 Å². The zero-order valence-electron chi connectivity index (χ0n) is 8.05. The van der Waals surface area contributed by atoms with Crippen molar-refractivity contribution >= 4 is 34.2 Å². The van der Waals surface area contributed by atoms with Crippen LogP contribution in [0.5, 0.6) is 0 Å². The van der Waals surface area contributed by atoms with Crippen molar-refractivity contribution < 1.29 is 9.72 Å². The third kappa shape index (κ3) is 1.50. The van der Waals surface area contributed by atoms with E-state index >= 15 is 0 Å². The van der Waals surface area contributed by atoms with Crippen molar-refractivity contribution in [2.75, 3.05) is 0 Å². The Hall–Kier alpha value is -2.02. The zero-order valence-corrected chi connectivity index (χ0v) is 8.80. The molecule has 2 heterocycles. The van der Waals surface area contributed by atoms with Crippen molar-refractivity contribution in [3.8, 4) is 0 Å². The molecule has 0 unspecified atom stereocenters. The van der Waals surface area contributed by atoms with Crippen LogP contribution in [0, 0.1) is 10.1 Å². The van der Waals surface area contributed by atoms with Gasteiger partial charge in [0.25, 0.3) is 5.91 Å². The molecule has 2 rings (SSSR count). The van der Waals surface area contributed by atoms with Gasteiger partial charge in [-0.25, -0.2) is 4.98 Å². The van der Waals surface area contributed by atoms with Gasteiger partial charge in [-0.15, -0.1) is 4.68 Å². The minimum Gasteiger partial charge on any atom is -0.358 e. The number of rotatable bonds is 1. The second-order valence-corrected chi connectivity index (χ2v) is 3.42. The summed E-state index contributed by atoms with van der Waals surface area (Å²) < 4.78 is 0.927. The van der Waals surface area contributed by atoms with Gasteiger partial charge in [0, 0.05) is 6.92 Å². The van der Waals surface area contributed by atoms with Gasteiger partial charge in [-0.2, -0.15) is 0 Å². The Morgan fingerprint density at radius 2 is 2.31 bits per heavy atom. The van der Waals surface area contributed by atoms with Crippen LogP contribution >= 0.6 is 11.6 Å². The van der Waals surface area contributed by atoms with Crippen molar-refractivity contribution in [2.24, 2.45) is 0 Å². The second-order valence-electron chi connectivity index (χ2n) is 3.04. The Morgan fingerprint density at radius 1 is 1.62 bits per heavy atom. The monoisotopic (exact) mass is 240 g/mol. The molecule has 2 aromatic heterocycles. The average Bonchev–Trinajstić information content (AvgIpc) is 2.56. The highest BCUT2D eigenvalue weighted by molar-refractivity contribution is 6.30. The van der Waals surface area contributed by atoms with Gasteiger partial charge in [0.1, 0.15) is 16.1 Å². The second kappa shape index (κ2) is 3.53. The molecule has 0 N–H and O–H groups in total. The molecular weight excluding hydrogens is 236 g/mol. The van der Waals surface area contributed by atoms with Gasteiger partial charge in [-0.3, -0.25) is 4.79 Å². The van der Waals surface area contributed by atoms with Crippen LogP contribution in [-0.4, -0.2) is 25.6 Å². The van der Waals surface area contributed by atoms with Crippen LogP contribution in [0.15, 0.2) is 12.3 Å². The van der Waals surface area contributed by atoms with Crippen molar-refractivity contribution in [3.05, 3.63) is 27.5 Å². The van der Waals surface area contributed by atoms with Gasteiger partial charge >= 0.3 is 5.82 Å². The molecule has 0 fully saturated rings. The molecule has 16 heavy (non-hydrogen) atoms. The number of nitrogens with zero attached hydrogens (tertiary/aromatic N) is 4. The van der Waals surface area contributed by atoms with Crippen LogP contribution in [-0.2, 0) is 0 Å². The summed E-state index contributed by atoms with van der Waals surface area (Å²) in [5.41, 5.74) is 0.267. The summed E-state index contributed by atoms with van der Waals surface area (Å²) in [5, 5.41) is 14.6. The van der Waals surface area contributed by atoms with Crippen LogP contribution in [0.25, 0.3) is 10.9 Å². The lowest BCUT2D eigenvalue weighted by atomic mass is 10.3. The highest BCUT2D eigenvalue weighted by atomic mass is 35.5. The molecule has 0 radical (unpaired) electrons. The fraction of sp³-hybridized carbons (Fsp3) is 0.125. The number of pyridine rings is 1. The minimum absolute atomic E-state index is 0.110. The van der Waals surface area contributed by atoms with E-state index in [0.29, 0.717) is 0 Å². The third-order valence-corrected chi connectivity index (χ3v) is 2.19. The van der Waals surface area contributed by atoms with Crippen molar-refractivity contribution in [2.45, 2.75) is 6.92 Å². The van der Waals surface area contributed by atoms with Gasteiger partial charge in [0.15, 0.2) is 0 Å². The zero-order chi connectivity index (χ0) is 11.9. The first-order chi connectivity index (χ1) is 7.50. The average molecular weight is 241 g/mol. The van der Waals surface area contributed by atoms with Crippen LogP contribution in [0.4, 0.5) is 5.82 Å². The molecule has 0 bridgehead atoms. The largest absolute Gasteiger partial charge is 0.398 e. The SMILES string of the molecule is CC(=O)n1nc([N+](=O)[O-])c2cc(Cl)ncc21. The molecule has 7 nitrogen and oxygen atoms in total. The molecule has 0 aliphatic rings. The summed E-state index contributed by atoms with van der Waals surface area (Å²) in [7, 11) is 0. The van der Waals surface area contributed by atoms with Crippen molar-refractivity contribution in [1.82, 2.24) is 14.8 Å². The lowest BCUT2D eigenvalue weighted by Gasteiger charge is -1.91. The van der Waals surface area contributed by atoms with Gasteiger partial charge in [-0.05, 0) is 11.0 Å². The summed E-state index contributed by atoms with van der Waals surface area (Å²) in [6, 6.07) is 1.31. The maximum absolute atomic E-state index is 11.2. The molecule has 0 aliphatic heterocycles. The van der Waals surface area contributed by atoms with Crippen LogP contribution < -0.4 is 0 Å². The van der Waals surface area contributed by atoms with Crippen LogP contribution in [0.1, 0.15) is 11.7 Å². The number of nitro groups is 1. The highest BCUT2D eigenvalue weighted by Crippen LogP contribution is 2.25. The Balaban J connectivity index is 2.87. The molecule has 8 heteroatoms. The van der Waals surface area contributed by atoms with E-state index in [1.54, 1.807) is 0 Å². The molecular formula is C8H5ClN4O3. The fourth-order valence-electron chi connectivity index (χ4n) is 1.35. The molecule has 2 aromatic rings. The van der Waals surface area contributed by atoms with Gasteiger partial charge < -0.3 is 10.1 Å². The number of carbonyl (C=O) groups excluding carboxylic acids is 1. The molecule has 0 amide bonds. The van der Waals surface area contributed by atoms with Crippen molar-refractivity contribution in [3.63, 3.8) is 0 Å². The molecule has 0 aromatic carbocycles. The Bertz CT molecular complexity index is 607. The molecule has 0 aliphatic carbocycles. The first-order valence-electron chi connectivity index (χ1n) is 4.20. The summed E-state index contributed by atoms with van der Waals surface area (Å²) in [4.78, 5) is 25.0. The van der Waals surface area contributed by atoms with E-state index in [4.69, 9.17) is 11.6 Å². The predicted octanol–water partition coefficient (Wildman–Crippen LogP) is 1.65. The van der Waals surface area contributed by atoms with E-state index in [1.807, 2.05) is 0 Å². The van der Waals surface area contributed by atoms with Gasteiger partial charge in [0.05, 0.1) is 11.3 Å². The molecule has 0 saturated heterocycles. The van der Waals surface area contributed by atoms with Crippen LogP contribution in [0.2, 0.25) is 5.15 Å². The third-order valence-electron chi connectivity index (χ3n) is 1.98. The molecule has 0 atom stereocenters. The summed E-state index contributed by atoms with van der Waals surface area (Å²) >= 11 is 5.63. The number of carbonyl (C=O) groups is 1. The number of halogens is 1. The quantitative estimate of drug-likeness (QED) is 0.429. The number of aromatic nitrogens is 3. The van der Waals surface area contributed by atoms with Crippen molar-refractivity contribution in [1.29, 1.82) is 0 Å². The van der Waals surface area contributed by atoms with E-state index < -0.39 is 16.6 Å². The van der Waals surface area contributed by atoms with Gasteiger partial charge in [0.2, 0.25) is 0 Å². The maximum Gasteiger partial charge on any atom is 0.398 e. The predicted molar refractivity (Wildman–Crippen MR) is 55.5 cm³/mol. The fourth-order valence-corrected chi connectivity index (χ4v) is 1.51. The number of hydrogen-bond donors (Lipinski definition) is 0. The Kier molecular flexibility index (Phi) is 2.31. The standard InChI is InChI=1S/C8H5ClN4O3/c1-4(14)12-6-3-10-7(9)2-5(6)8(11-12)13(15)16/h2-3H,1H3. The van der Waals surface area contributed by atoms with E-state index in [0.717, 1.165) is 4.68 Å². The Labute approximate surface area is 93.8 Å². The number of hydrogen-bond acceptors (Lipinski definition) is 5. The molecule has 82 valence electrons. The highest BCUT2D eigenvalue weighted by Gasteiger charge is 2.23. The smallest absolute Gasteiger partial charge is 0.358 e. The Morgan fingerprint density at radius 3 is 2.88 bits per heavy atom. The first-order valence-corrected chi connectivity index (χ1v) is 4.58. The summed E-state index contributed by atoms with van der Waals surface area (Å²) in [6.45, 7) is 1.25. The topological polar surface area (TPSA) is 90.9 Å². The van der Waals surface area contributed by atoms with E-state index in [9.17, 15) is 14.9 Å².